The Morgan fingerprint density at radius 1 is 0.951 bits per heavy atom. The average molecular weight is 564 g/mol. The van der Waals surface area contributed by atoms with Crippen molar-refractivity contribution in [2.75, 3.05) is 25.0 Å². The smallest absolute Gasteiger partial charge is 0.226 e. The molecule has 0 aliphatic carbocycles. The minimum absolute atomic E-state index is 0.0220. The number of carbonyl (C=O) groups excluding carboxylic acids is 1. The van der Waals surface area contributed by atoms with Gasteiger partial charge < -0.3 is 15.2 Å². The first-order valence-electron chi connectivity index (χ1n) is 14.9. The molecule has 0 bridgehead atoms. The summed E-state index contributed by atoms with van der Waals surface area (Å²) in [6.45, 7) is 7.13. The number of aromatic amines is 1. The number of halogens is 1. The lowest BCUT2D eigenvalue weighted by Crippen LogP contribution is -2.33. The maximum Gasteiger partial charge on any atom is 0.226 e. The van der Waals surface area contributed by atoms with Gasteiger partial charge in [0.25, 0.3) is 0 Å². The third-order valence-corrected chi connectivity index (χ3v) is 8.92. The molecule has 6 rings (SSSR count). The number of aryl methyl sites for hydroxylation is 1. The van der Waals surface area contributed by atoms with E-state index in [0.717, 1.165) is 67.3 Å². The molecule has 0 atom stereocenters. The summed E-state index contributed by atoms with van der Waals surface area (Å²) in [6.07, 6.45) is 4.38. The maximum atomic E-state index is 12.2. The third kappa shape index (κ3) is 5.91. The summed E-state index contributed by atoms with van der Waals surface area (Å²) in [7, 11) is 0. The van der Waals surface area contributed by atoms with Crippen LogP contribution in [0.4, 0.5) is 5.69 Å². The van der Waals surface area contributed by atoms with Gasteiger partial charge in [-0.1, -0.05) is 92.2 Å². The van der Waals surface area contributed by atoms with Crippen LogP contribution in [0.3, 0.4) is 0 Å². The Bertz CT molecular complexity index is 1680. The monoisotopic (exact) mass is 563 g/mol. The number of hydrogen-bond acceptors (Lipinski definition) is 2. The van der Waals surface area contributed by atoms with Gasteiger partial charge in [-0.05, 0) is 85.9 Å². The topological polar surface area (TPSA) is 48.1 Å². The molecular formula is C36H38ClN3O. The van der Waals surface area contributed by atoms with E-state index in [1.54, 1.807) is 0 Å². The highest BCUT2D eigenvalue weighted by molar-refractivity contribution is 6.33. The Hall–Kier alpha value is -3.60. The molecule has 1 fully saturated rings. The number of nitrogens with one attached hydrogen (secondary N) is 2. The Morgan fingerprint density at radius 3 is 2.54 bits per heavy atom. The number of fused-ring (bicyclic) bond motifs is 3. The number of likely N-dealkylation sites (tertiary alicyclic amines) is 1. The molecule has 41 heavy (non-hydrogen) atoms. The number of nitrogens with zero attached hydrogens (tertiary/aromatic N) is 1. The van der Waals surface area contributed by atoms with E-state index in [2.05, 4.69) is 81.9 Å². The largest absolute Gasteiger partial charge is 0.354 e. The molecule has 5 aromatic rings. The molecule has 1 saturated heterocycles. The van der Waals surface area contributed by atoms with E-state index in [1.807, 2.05) is 32.0 Å². The van der Waals surface area contributed by atoms with Gasteiger partial charge in [0.15, 0.2) is 0 Å². The van der Waals surface area contributed by atoms with Crippen LogP contribution in [-0.4, -0.2) is 35.4 Å². The predicted molar refractivity (Wildman–Crippen MR) is 173 cm³/mol. The van der Waals surface area contributed by atoms with Crippen molar-refractivity contribution in [3.8, 4) is 11.3 Å². The van der Waals surface area contributed by atoms with Gasteiger partial charge in [0.2, 0.25) is 5.91 Å². The van der Waals surface area contributed by atoms with Gasteiger partial charge >= 0.3 is 0 Å². The molecule has 0 unspecified atom stereocenters. The lowest BCUT2D eigenvalue weighted by molar-refractivity contribution is -0.118. The van der Waals surface area contributed by atoms with E-state index in [-0.39, 0.29) is 11.8 Å². The van der Waals surface area contributed by atoms with Crippen molar-refractivity contribution < 1.29 is 4.79 Å². The molecule has 4 nitrogen and oxygen atoms in total. The number of aromatic nitrogens is 1. The highest BCUT2D eigenvalue weighted by Gasteiger charge is 2.22. The van der Waals surface area contributed by atoms with E-state index in [9.17, 15) is 4.79 Å². The first-order valence-corrected chi connectivity index (χ1v) is 15.3. The summed E-state index contributed by atoms with van der Waals surface area (Å²) in [4.78, 5) is 18.5. The summed E-state index contributed by atoms with van der Waals surface area (Å²) in [6, 6.07) is 29.7. The van der Waals surface area contributed by atoms with Gasteiger partial charge in [0, 0.05) is 33.0 Å². The fourth-order valence-electron chi connectivity index (χ4n) is 6.27. The van der Waals surface area contributed by atoms with Gasteiger partial charge in [0.1, 0.15) is 0 Å². The Balaban J connectivity index is 1.14. The third-order valence-electron chi connectivity index (χ3n) is 8.59. The van der Waals surface area contributed by atoms with Crippen molar-refractivity contribution in [3.05, 3.63) is 101 Å². The highest BCUT2D eigenvalue weighted by Crippen LogP contribution is 2.38. The normalized spacial score (nSPS) is 14.7. The van der Waals surface area contributed by atoms with E-state index in [0.29, 0.717) is 5.92 Å². The van der Waals surface area contributed by atoms with Crippen LogP contribution in [-0.2, 0) is 11.2 Å². The Kier molecular flexibility index (Phi) is 8.13. The van der Waals surface area contributed by atoms with Crippen molar-refractivity contribution in [3.63, 3.8) is 0 Å². The standard InChI is InChI=1S/C36H38ClN3O/c1-24(2)36(41)38-28-11-7-10-27(23-28)25-18-21-40(22-19-25)20-8-14-30-31-17-16-26-9-3-4-12-29(26)34(31)39-35(30)32-13-5-6-15-33(32)37/h3-7,9-13,15-17,23-25,39H,8,14,18-22H2,1-2H3,(H,38,41). The first kappa shape index (κ1) is 27.6. The summed E-state index contributed by atoms with van der Waals surface area (Å²) < 4.78 is 0. The number of amides is 1. The van der Waals surface area contributed by atoms with E-state index >= 15 is 0 Å². The summed E-state index contributed by atoms with van der Waals surface area (Å²) in [5.74, 6) is 0.584. The second-order valence-electron chi connectivity index (χ2n) is 11.7. The van der Waals surface area contributed by atoms with E-state index < -0.39 is 0 Å². The van der Waals surface area contributed by atoms with Crippen molar-refractivity contribution in [1.82, 2.24) is 9.88 Å². The number of anilines is 1. The van der Waals surface area contributed by atoms with Crippen molar-refractivity contribution in [2.45, 2.75) is 45.4 Å². The molecular weight excluding hydrogens is 526 g/mol. The van der Waals surface area contributed by atoms with Crippen LogP contribution in [0.2, 0.25) is 5.02 Å². The van der Waals surface area contributed by atoms with Crippen LogP contribution in [0.5, 0.6) is 0 Å². The lowest BCUT2D eigenvalue weighted by Gasteiger charge is -2.32. The first-order chi connectivity index (χ1) is 20.0. The molecule has 5 heteroatoms. The molecule has 1 amide bonds. The maximum absolute atomic E-state index is 12.2. The van der Waals surface area contributed by atoms with Crippen LogP contribution in [0, 0.1) is 5.92 Å². The molecule has 0 spiro atoms. The molecule has 0 saturated carbocycles. The van der Waals surface area contributed by atoms with Crippen LogP contribution in [0.1, 0.15) is 50.2 Å². The second kappa shape index (κ2) is 12.1. The van der Waals surface area contributed by atoms with Gasteiger partial charge in [-0.25, -0.2) is 0 Å². The average Bonchev–Trinajstić information content (AvgIpc) is 3.36. The molecule has 210 valence electrons. The molecule has 0 radical (unpaired) electrons. The predicted octanol–water partition coefficient (Wildman–Crippen LogP) is 9.05. The lowest BCUT2D eigenvalue weighted by atomic mass is 9.89. The number of hydrogen-bond donors (Lipinski definition) is 2. The number of H-pyrrole nitrogens is 1. The van der Waals surface area contributed by atoms with Gasteiger partial charge in [-0.2, -0.15) is 0 Å². The van der Waals surface area contributed by atoms with Gasteiger partial charge in [0.05, 0.1) is 11.2 Å². The van der Waals surface area contributed by atoms with E-state index in [4.69, 9.17) is 11.6 Å². The second-order valence-corrected chi connectivity index (χ2v) is 12.1. The summed E-state index contributed by atoms with van der Waals surface area (Å²) >= 11 is 6.70. The van der Waals surface area contributed by atoms with Crippen LogP contribution < -0.4 is 5.32 Å². The molecule has 4 aromatic carbocycles. The molecule has 2 heterocycles. The van der Waals surface area contributed by atoms with Crippen molar-refractivity contribution >= 4 is 44.9 Å². The number of rotatable bonds is 8. The van der Waals surface area contributed by atoms with Crippen molar-refractivity contribution in [2.24, 2.45) is 5.92 Å². The van der Waals surface area contributed by atoms with Crippen LogP contribution in [0.15, 0.2) is 84.9 Å². The zero-order valence-corrected chi connectivity index (χ0v) is 24.7. The molecule has 1 aromatic heterocycles. The Labute approximate surface area is 247 Å². The fourth-order valence-corrected chi connectivity index (χ4v) is 6.50. The highest BCUT2D eigenvalue weighted by atomic mass is 35.5. The van der Waals surface area contributed by atoms with Gasteiger partial charge in [-0.3, -0.25) is 4.79 Å². The van der Waals surface area contributed by atoms with Crippen LogP contribution >= 0.6 is 11.6 Å². The molecule has 1 aliphatic rings. The van der Waals surface area contributed by atoms with E-state index in [1.165, 1.54) is 32.8 Å². The fraction of sp³-hybridized carbons (Fsp3) is 0.306. The number of carbonyl (C=O) groups is 1. The molecule has 2 N–H and O–H groups in total. The summed E-state index contributed by atoms with van der Waals surface area (Å²) in [5, 5.41) is 7.62. The van der Waals surface area contributed by atoms with Crippen molar-refractivity contribution in [1.29, 1.82) is 0 Å². The minimum atomic E-state index is -0.0220. The summed E-state index contributed by atoms with van der Waals surface area (Å²) in [5.41, 5.74) is 7.00. The SMILES string of the molecule is CC(C)C(=O)Nc1cccc(C2CCN(CCCc3c(-c4ccccc4Cl)[nH]c4c3ccc3ccccc34)CC2)c1. The Morgan fingerprint density at radius 2 is 1.73 bits per heavy atom. The molecule has 1 aliphatic heterocycles. The quantitative estimate of drug-likeness (QED) is 0.198. The van der Waals surface area contributed by atoms with Crippen LogP contribution in [0.25, 0.3) is 32.9 Å². The van der Waals surface area contributed by atoms with Gasteiger partial charge in [-0.15, -0.1) is 0 Å². The number of piperidine rings is 1. The minimum Gasteiger partial charge on any atom is -0.354 e. The zero-order valence-electron chi connectivity index (χ0n) is 23.9. The zero-order chi connectivity index (χ0) is 28.3. The number of benzene rings is 4.